The molecule has 0 bridgehead atoms. The number of nitrogens with one attached hydrogen (secondary N) is 1. The molecule has 20 heavy (non-hydrogen) atoms. The van der Waals surface area contributed by atoms with E-state index < -0.39 is 0 Å². The smallest absolute Gasteiger partial charge is 0.134 e. The normalized spacial score (nSPS) is 12.9. The minimum Gasteiger partial charge on any atom is -0.464 e. The van der Waals surface area contributed by atoms with Crippen LogP contribution in [0.4, 0.5) is 0 Å². The molecule has 1 aromatic carbocycles. The Balaban J connectivity index is 2.07. The van der Waals surface area contributed by atoms with E-state index in [1.807, 2.05) is 18.4 Å². The number of hydrogen-bond donors (Lipinski definition) is 1. The molecule has 0 amide bonds. The summed E-state index contributed by atoms with van der Waals surface area (Å²) >= 11 is 5.36. The van der Waals surface area contributed by atoms with E-state index in [0.29, 0.717) is 0 Å². The quantitative estimate of drug-likeness (QED) is 0.671. The van der Waals surface area contributed by atoms with Crippen LogP contribution in [-0.2, 0) is 0 Å². The van der Waals surface area contributed by atoms with Gasteiger partial charge in [0.2, 0.25) is 0 Å². The molecule has 1 N–H and O–H groups in total. The summed E-state index contributed by atoms with van der Waals surface area (Å²) in [5, 5.41) is 9.12. The third kappa shape index (κ3) is 2.55. The highest BCUT2D eigenvalue weighted by Gasteiger charge is 2.21. The zero-order valence-electron chi connectivity index (χ0n) is 11.2. The van der Waals surface area contributed by atoms with Gasteiger partial charge in [0.05, 0.1) is 12.3 Å². The van der Waals surface area contributed by atoms with E-state index in [0.717, 1.165) is 23.0 Å². The summed E-state index contributed by atoms with van der Waals surface area (Å²) in [7, 11) is 0. The fourth-order valence-corrected chi connectivity index (χ4v) is 3.95. The molecule has 4 heteroatoms. The van der Waals surface area contributed by atoms with Gasteiger partial charge in [0.1, 0.15) is 5.58 Å². The van der Waals surface area contributed by atoms with Gasteiger partial charge in [0.25, 0.3) is 0 Å². The van der Waals surface area contributed by atoms with Crippen LogP contribution in [0.3, 0.4) is 0 Å². The maximum atomic E-state index is 5.70. The number of halogens is 1. The van der Waals surface area contributed by atoms with Gasteiger partial charge in [-0.3, -0.25) is 0 Å². The molecular weight excluding hydrogens is 334 g/mol. The second kappa shape index (κ2) is 6.12. The molecule has 2 heterocycles. The van der Waals surface area contributed by atoms with Crippen LogP contribution in [0.5, 0.6) is 0 Å². The summed E-state index contributed by atoms with van der Waals surface area (Å²) in [6.07, 6.45) is 2.98. The highest BCUT2D eigenvalue weighted by Crippen LogP contribution is 2.35. The highest BCUT2D eigenvalue weighted by molar-refractivity contribution is 9.10. The topological polar surface area (TPSA) is 25.2 Å². The van der Waals surface area contributed by atoms with Gasteiger partial charge in [-0.25, -0.2) is 0 Å². The Morgan fingerprint density at radius 1 is 1.25 bits per heavy atom. The van der Waals surface area contributed by atoms with Crippen molar-refractivity contribution in [2.45, 2.75) is 19.4 Å². The van der Waals surface area contributed by atoms with Crippen molar-refractivity contribution in [1.82, 2.24) is 5.32 Å². The minimum absolute atomic E-state index is 0.166. The van der Waals surface area contributed by atoms with Crippen molar-refractivity contribution in [3.63, 3.8) is 0 Å². The average molecular weight is 350 g/mol. The number of para-hydroxylation sites is 1. The number of fused-ring (bicyclic) bond motifs is 1. The lowest BCUT2D eigenvalue weighted by molar-refractivity contribution is 0.572. The van der Waals surface area contributed by atoms with E-state index in [-0.39, 0.29) is 6.04 Å². The molecule has 0 aliphatic heterocycles. The van der Waals surface area contributed by atoms with Crippen LogP contribution in [0.25, 0.3) is 11.0 Å². The molecule has 0 radical (unpaired) electrons. The SMILES string of the molecule is CCCNC(c1cscc1Br)c1coc2ccccc12. The molecule has 0 spiro atoms. The second-order valence-electron chi connectivity index (χ2n) is 4.75. The van der Waals surface area contributed by atoms with Crippen LogP contribution in [0.1, 0.15) is 30.5 Å². The fraction of sp³-hybridized carbons (Fsp3) is 0.250. The summed E-state index contributed by atoms with van der Waals surface area (Å²) in [5.41, 5.74) is 3.42. The predicted octanol–water partition coefficient (Wildman–Crippen LogP) is 5.35. The Labute approximate surface area is 130 Å². The maximum Gasteiger partial charge on any atom is 0.134 e. The Morgan fingerprint density at radius 3 is 2.85 bits per heavy atom. The Kier molecular flexibility index (Phi) is 4.24. The van der Waals surface area contributed by atoms with E-state index in [1.165, 1.54) is 16.5 Å². The summed E-state index contributed by atoms with van der Waals surface area (Å²) in [6.45, 7) is 3.16. The van der Waals surface area contributed by atoms with E-state index in [9.17, 15) is 0 Å². The van der Waals surface area contributed by atoms with E-state index in [4.69, 9.17) is 4.42 Å². The zero-order valence-corrected chi connectivity index (χ0v) is 13.6. The lowest BCUT2D eigenvalue weighted by Gasteiger charge is -2.17. The second-order valence-corrected chi connectivity index (χ2v) is 6.35. The first-order valence-electron chi connectivity index (χ1n) is 6.72. The van der Waals surface area contributed by atoms with Crippen LogP contribution in [0.15, 0.2) is 50.2 Å². The van der Waals surface area contributed by atoms with Crippen molar-refractivity contribution in [3.8, 4) is 0 Å². The minimum atomic E-state index is 0.166. The molecule has 2 nitrogen and oxygen atoms in total. The number of benzene rings is 1. The van der Waals surface area contributed by atoms with Crippen molar-refractivity contribution in [2.24, 2.45) is 0 Å². The molecule has 0 aliphatic rings. The van der Waals surface area contributed by atoms with Crippen molar-refractivity contribution < 1.29 is 4.42 Å². The molecule has 0 saturated heterocycles. The summed E-state index contributed by atoms with van der Waals surface area (Å²) in [6, 6.07) is 8.36. The molecule has 1 unspecified atom stereocenters. The molecule has 3 rings (SSSR count). The van der Waals surface area contributed by atoms with Crippen LogP contribution in [0.2, 0.25) is 0 Å². The molecule has 0 fully saturated rings. The maximum absolute atomic E-state index is 5.70. The average Bonchev–Trinajstić information content (AvgIpc) is 3.07. The Morgan fingerprint density at radius 2 is 2.10 bits per heavy atom. The van der Waals surface area contributed by atoms with Crippen molar-refractivity contribution in [1.29, 1.82) is 0 Å². The van der Waals surface area contributed by atoms with Gasteiger partial charge in [-0.15, -0.1) is 0 Å². The number of hydrogen-bond acceptors (Lipinski definition) is 3. The molecule has 1 atom stereocenters. The van der Waals surface area contributed by atoms with Crippen molar-refractivity contribution in [3.05, 3.63) is 56.9 Å². The van der Waals surface area contributed by atoms with Crippen LogP contribution in [0, 0.1) is 0 Å². The molecule has 3 aromatic rings. The lowest BCUT2D eigenvalue weighted by Crippen LogP contribution is -2.22. The van der Waals surface area contributed by atoms with Gasteiger partial charge < -0.3 is 9.73 Å². The van der Waals surface area contributed by atoms with Gasteiger partial charge in [-0.05, 0) is 45.9 Å². The highest BCUT2D eigenvalue weighted by atomic mass is 79.9. The molecule has 0 saturated carbocycles. The van der Waals surface area contributed by atoms with E-state index >= 15 is 0 Å². The van der Waals surface area contributed by atoms with Gasteiger partial charge in [-0.2, -0.15) is 11.3 Å². The number of thiophene rings is 1. The van der Waals surface area contributed by atoms with Crippen molar-refractivity contribution in [2.75, 3.05) is 6.54 Å². The van der Waals surface area contributed by atoms with Crippen LogP contribution < -0.4 is 5.32 Å². The van der Waals surface area contributed by atoms with E-state index in [1.54, 1.807) is 11.3 Å². The van der Waals surface area contributed by atoms with Gasteiger partial charge in [0, 0.05) is 20.8 Å². The first kappa shape index (κ1) is 13.9. The Bertz CT molecular complexity index is 703. The lowest BCUT2D eigenvalue weighted by atomic mass is 10.0. The number of rotatable bonds is 5. The van der Waals surface area contributed by atoms with Crippen LogP contribution in [-0.4, -0.2) is 6.54 Å². The summed E-state index contributed by atoms with van der Waals surface area (Å²) in [5.74, 6) is 0. The standard InChI is InChI=1S/C16H16BrNOS/c1-2-7-18-16(13-9-20-10-14(13)17)12-8-19-15-6-4-3-5-11(12)15/h3-6,8-10,16,18H,2,7H2,1H3. The summed E-state index contributed by atoms with van der Waals surface area (Å²) in [4.78, 5) is 0. The van der Waals surface area contributed by atoms with Crippen LogP contribution >= 0.6 is 27.3 Å². The van der Waals surface area contributed by atoms with Gasteiger partial charge in [0.15, 0.2) is 0 Å². The van der Waals surface area contributed by atoms with Gasteiger partial charge in [-0.1, -0.05) is 25.1 Å². The van der Waals surface area contributed by atoms with Gasteiger partial charge >= 0.3 is 0 Å². The third-order valence-electron chi connectivity index (χ3n) is 3.37. The fourth-order valence-electron chi connectivity index (χ4n) is 2.40. The Hall–Kier alpha value is -1.10. The number of furan rings is 1. The largest absolute Gasteiger partial charge is 0.464 e. The first-order chi connectivity index (χ1) is 9.81. The summed E-state index contributed by atoms with van der Waals surface area (Å²) < 4.78 is 6.85. The van der Waals surface area contributed by atoms with E-state index in [2.05, 4.69) is 51.1 Å². The zero-order chi connectivity index (χ0) is 13.9. The van der Waals surface area contributed by atoms with Crippen molar-refractivity contribution >= 4 is 38.2 Å². The molecule has 104 valence electrons. The predicted molar refractivity (Wildman–Crippen MR) is 88.4 cm³/mol. The molecular formula is C16H16BrNOS. The molecule has 0 aliphatic carbocycles. The third-order valence-corrected chi connectivity index (χ3v) is 5.13. The first-order valence-corrected chi connectivity index (χ1v) is 8.46. The monoisotopic (exact) mass is 349 g/mol. The molecule has 2 aromatic heterocycles.